The van der Waals surface area contributed by atoms with E-state index < -0.39 is 17.4 Å². The molecule has 2 bridgehead atoms. The SMILES string of the molecule is Cc1ccc(-c2nn3c([C@@H]4[C@@H](C(=O)O)[C@H]5C=C[C@H]4C5)nc4ccccc4c3nc2=O)cc1. The van der Waals surface area contributed by atoms with Crippen LogP contribution in [0.15, 0.2) is 65.5 Å². The van der Waals surface area contributed by atoms with Crippen LogP contribution in [0.1, 0.15) is 23.7 Å². The van der Waals surface area contributed by atoms with E-state index in [9.17, 15) is 14.7 Å². The lowest BCUT2D eigenvalue weighted by Gasteiger charge is -2.25. The Morgan fingerprint density at radius 2 is 1.78 bits per heavy atom. The van der Waals surface area contributed by atoms with Gasteiger partial charge in [-0.1, -0.05) is 54.1 Å². The Balaban J connectivity index is 1.67. The molecule has 2 aromatic carbocycles. The van der Waals surface area contributed by atoms with E-state index >= 15 is 0 Å². The lowest BCUT2D eigenvalue weighted by molar-refractivity contribution is -0.143. The van der Waals surface area contributed by atoms with E-state index in [-0.39, 0.29) is 23.4 Å². The zero-order valence-electron chi connectivity index (χ0n) is 17.3. The molecule has 0 radical (unpaired) electrons. The van der Waals surface area contributed by atoms with Crippen molar-refractivity contribution in [3.8, 4) is 11.3 Å². The molecule has 0 saturated heterocycles. The standard InChI is InChI=1S/C25H20N4O3/c1-13-6-8-14(9-7-13)21-24(30)27-22-17-4-2-3-5-18(17)26-23(29(22)28-21)19-15-10-11-16(12-15)20(19)25(31)32/h2-11,15-16,19-20H,12H2,1H3,(H,31,32)/t15-,16-,19-,20-/m0/s1. The van der Waals surface area contributed by atoms with Gasteiger partial charge >= 0.3 is 5.97 Å². The number of aliphatic carboxylic acids is 1. The fraction of sp³-hybridized carbons (Fsp3) is 0.240. The van der Waals surface area contributed by atoms with Crippen LogP contribution < -0.4 is 5.56 Å². The number of carboxylic acids is 1. The highest BCUT2D eigenvalue weighted by molar-refractivity contribution is 5.91. The Hall–Kier alpha value is -3.87. The maximum Gasteiger partial charge on any atom is 0.307 e. The number of fused-ring (bicyclic) bond motifs is 5. The number of benzene rings is 2. The van der Waals surface area contributed by atoms with Crippen LogP contribution in [-0.2, 0) is 4.79 Å². The topological polar surface area (TPSA) is 97.5 Å². The van der Waals surface area contributed by atoms with E-state index in [1.807, 2.05) is 61.5 Å². The van der Waals surface area contributed by atoms with E-state index in [4.69, 9.17) is 10.1 Å². The highest BCUT2D eigenvalue weighted by atomic mass is 16.4. The predicted molar refractivity (Wildman–Crippen MR) is 119 cm³/mol. The summed E-state index contributed by atoms with van der Waals surface area (Å²) in [6.45, 7) is 1.98. The highest BCUT2D eigenvalue weighted by Crippen LogP contribution is 2.52. The molecule has 0 spiro atoms. The van der Waals surface area contributed by atoms with Gasteiger partial charge in [0.25, 0.3) is 5.56 Å². The minimum absolute atomic E-state index is 0.0188. The number of nitrogens with zero attached hydrogens (tertiary/aromatic N) is 4. The first-order chi connectivity index (χ1) is 15.5. The molecule has 0 aliphatic heterocycles. The second-order valence-corrected chi connectivity index (χ2v) is 8.69. The average molecular weight is 424 g/mol. The molecule has 0 amide bonds. The first-order valence-corrected chi connectivity index (χ1v) is 10.7. The number of para-hydroxylation sites is 1. The normalized spacial score (nSPS) is 23.9. The van der Waals surface area contributed by atoms with Gasteiger partial charge in [-0.15, -0.1) is 0 Å². The number of rotatable bonds is 3. The van der Waals surface area contributed by atoms with Crippen molar-refractivity contribution in [2.75, 3.05) is 0 Å². The molecular weight excluding hydrogens is 404 g/mol. The molecule has 1 fully saturated rings. The largest absolute Gasteiger partial charge is 0.481 e. The van der Waals surface area contributed by atoms with Crippen LogP contribution in [0, 0.1) is 24.7 Å². The van der Waals surface area contributed by atoms with Crippen LogP contribution in [-0.4, -0.2) is 30.7 Å². The van der Waals surface area contributed by atoms with Gasteiger partial charge in [0.05, 0.1) is 11.4 Å². The first-order valence-electron chi connectivity index (χ1n) is 10.7. The molecule has 2 aliphatic rings. The Morgan fingerprint density at radius 3 is 2.56 bits per heavy atom. The number of carboxylic acid groups (broad SMARTS) is 1. The van der Waals surface area contributed by atoms with Crippen molar-refractivity contribution in [1.29, 1.82) is 0 Å². The molecule has 0 unspecified atom stereocenters. The molecule has 4 atom stereocenters. The number of aryl methyl sites for hydroxylation is 1. The highest BCUT2D eigenvalue weighted by Gasteiger charge is 2.50. The van der Waals surface area contributed by atoms with Gasteiger partial charge in [-0.25, -0.2) is 4.98 Å². The summed E-state index contributed by atoms with van der Waals surface area (Å²) in [6, 6.07) is 15.0. The van der Waals surface area contributed by atoms with Gasteiger partial charge < -0.3 is 5.11 Å². The Kier molecular flexibility index (Phi) is 4.02. The second-order valence-electron chi connectivity index (χ2n) is 8.69. The molecule has 7 nitrogen and oxygen atoms in total. The number of allylic oxidation sites excluding steroid dienone is 2. The molecule has 2 heterocycles. The van der Waals surface area contributed by atoms with Gasteiger partial charge in [0, 0.05) is 16.9 Å². The molecule has 32 heavy (non-hydrogen) atoms. The summed E-state index contributed by atoms with van der Waals surface area (Å²) in [5, 5.41) is 15.4. The van der Waals surface area contributed by atoms with Crippen molar-refractivity contribution >= 4 is 22.5 Å². The van der Waals surface area contributed by atoms with Gasteiger partial charge in [-0.2, -0.15) is 14.6 Å². The third-order valence-corrected chi connectivity index (χ3v) is 6.78. The summed E-state index contributed by atoms with van der Waals surface area (Å²) in [6.07, 6.45) is 4.89. The lowest BCUT2D eigenvalue weighted by atomic mass is 9.82. The molecule has 7 heteroatoms. The summed E-state index contributed by atoms with van der Waals surface area (Å²) in [5.41, 5.74) is 2.64. The Bertz CT molecular complexity index is 1490. The van der Waals surface area contributed by atoms with Crippen molar-refractivity contribution in [2.24, 2.45) is 17.8 Å². The number of hydrogen-bond donors (Lipinski definition) is 1. The molecule has 2 aromatic heterocycles. The van der Waals surface area contributed by atoms with E-state index in [0.29, 0.717) is 27.9 Å². The molecule has 2 aliphatic carbocycles. The van der Waals surface area contributed by atoms with E-state index in [1.54, 1.807) is 4.52 Å². The van der Waals surface area contributed by atoms with Gasteiger partial charge in [0.15, 0.2) is 11.3 Å². The van der Waals surface area contributed by atoms with E-state index in [0.717, 1.165) is 12.0 Å². The van der Waals surface area contributed by atoms with Crippen molar-refractivity contribution in [3.05, 3.63) is 82.4 Å². The van der Waals surface area contributed by atoms with Crippen molar-refractivity contribution in [2.45, 2.75) is 19.3 Å². The molecule has 6 rings (SSSR count). The summed E-state index contributed by atoms with van der Waals surface area (Å²) in [7, 11) is 0. The van der Waals surface area contributed by atoms with E-state index in [1.165, 1.54) is 0 Å². The zero-order chi connectivity index (χ0) is 22.0. The quantitative estimate of drug-likeness (QED) is 0.399. The zero-order valence-corrected chi connectivity index (χ0v) is 17.3. The molecule has 4 aromatic rings. The maximum absolute atomic E-state index is 13.0. The van der Waals surface area contributed by atoms with Gasteiger partial charge in [0.2, 0.25) is 0 Å². The fourth-order valence-electron chi connectivity index (χ4n) is 5.27. The predicted octanol–water partition coefficient (Wildman–Crippen LogP) is 3.60. The lowest BCUT2D eigenvalue weighted by Crippen LogP contribution is -2.29. The molecule has 1 saturated carbocycles. The number of aromatic nitrogens is 4. The summed E-state index contributed by atoms with van der Waals surface area (Å²) < 4.78 is 1.61. The minimum atomic E-state index is -0.831. The monoisotopic (exact) mass is 424 g/mol. The maximum atomic E-state index is 13.0. The molecular formula is C25H20N4O3. The molecule has 158 valence electrons. The van der Waals surface area contributed by atoms with Crippen molar-refractivity contribution in [3.63, 3.8) is 0 Å². The fourth-order valence-corrected chi connectivity index (χ4v) is 5.27. The second kappa shape index (κ2) is 6.82. The molecule has 1 N–H and O–H groups in total. The van der Waals surface area contributed by atoms with Crippen molar-refractivity contribution < 1.29 is 9.90 Å². The van der Waals surface area contributed by atoms with E-state index in [2.05, 4.69) is 11.1 Å². The Labute approximate surface area is 183 Å². The average Bonchev–Trinajstić information content (AvgIpc) is 3.41. The Morgan fingerprint density at radius 1 is 1.03 bits per heavy atom. The van der Waals surface area contributed by atoms with Gasteiger partial charge in [0.1, 0.15) is 5.82 Å². The van der Waals surface area contributed by atoms with Gasteiger partial charge in [-0.3, -0.25) is 9.59 Å². The minimum Gasteiger partial charge on any atom is -0.481 e. The van der Waals surface area contributed by atoms with Crippen LogP contribution in [0.5, 0.6) is 0 Å². The van der Waals surface area contributed by atoms with Crippen LogP contribution in [0.4, 0.5) is 0 Å². The number of hydrogen-bond acceptors (Lipinski definition) is 5. The van der Waals surface area contributed by atoms with Crippen LogP contribution in [0.25, 0.3) is 27.8 Å². The third-order valence-electron chi connectivity index (χ3n) is 6.78. The van der Waals surface area contributed by atoms with Crippen LogP contribution in [0.2, 0.25) is 0 Å². The summed E-state index contributed by atoms with van der Waals surface area (Å²) >= 11 is 0. The summed E-state index contributed by atoms with van der Waals surface area (Å²) in [4.78, 5) is 34.5. The van der Waals surface area contributed by atoms with Crippen LogP contribution >= 0.6 is 0 Å². The first kappa shape index (κ1) is 18.9. The van der Waals surface area contributed by atoms with Gasteiger partial charge in [-0.05, 0) is 37.3 Å². The third kappa shape index (κ3) is 2.70. The van der Waals surface area contributed by atoms with Crippen LogP contribution in [0.3, 0.4) is 0 Å². The summed E-state index contributed by atoms with van der Waals surface area (Å²) in [5.74, 6) is -1.15. The van der Waals surface area contributed by atoms with Crippen molar-refractivity contribution in [1.82, 2.24) is 19.6 Å². The smallest absolute Gasteiger partial charge is 0.307 e. The number of carbonyl (C=O) groups is 1.